The Bertz CT molecular complexity index is 495. The number of carbonyl (C=O) groups is 1. The number of piperazine rings is 1. The summed E-state index contributed by atoms with van der Waals surface area (Å²) < 4.78 is 0. The summed E-state index contributed by atoms with van der Waals surface area (Å²) >= 11 is 0. The van der Waals surface area contributed by atoms with Crippen LogP contribution >= 0.6 is 0 Å². The van der Waals surface area contributed by atoms with Crippen molar-refractivity contribution < 1.29 is 14.6 Å². The lowest BCUT2D eigenvalue weighted by atomic mass is 10.2. The molecule has 7 heteroatoms. The highest BCUT2D eigenvalue weighted by Gasteiger charge is 2.20. The Labute approximate surface area is 123 Å². The molecule has 21 heavy (non-hydrogen) atoms. The number of hydrogen-bond donors (Lipinski definition) is 2. The lowest BCUT2D eigenvalue weighted by molar-refractivity contribution is -0.899. The van der Waals surface area contributed by atoms with Gasteiger partial charge in [-0.1, -0.05) is 0 Å². The van der Waals surface area contributed by atoms with Crippen LogP contribution in [-0.4, -0.2) is 50.1 Å². The molecule has 1 saturated heterocycles. The first-order chi connectivity index (χ1) is 10.1. The second-order valence-corrected chi connectivity index (χ2v) is 5.24. The van der Waals surface area contributed by atoms with E-state index in [1.807, 2.05) is 0 Å². The highest BCUT2D eigenvalue weighted by Crippen LogP contribution is 2.19. The van der Waals surface area contributed by atoms with Crippen molar-refractivity contribution in [3.8, 4) is 0 Å². The van der Waals surface area contributed by atoms with Gasteiger partial charge in [0.05, 0.1) is 44.2 Å². The molecule has 1 aliphatic rings. The largest absolute Gasteiger partial charge is 0.360 e. The molecule has 1 aliphatic heterocycles. The van der Waals surface area contributed by atoms with Crippen LogP contribution in [0.5, 0.6) is 0 Å². The molecule has 0 bridgehead atoms. The lowest BCUT2D eigenvalue weighted by Gasteiger charge is -2.33. The van der Waals surface area contributed by atoms with Crippen LogP contribution in [0.25, 0.3) is 0 Å². The fraction of sp³-hybridized carbons (Fsp3) is 0.500. The first kappa shape index (κ1) is 15.2. The molecule has 1 fully saturated rings. The lowest BCUT2D eigenvalue weighted by Crippen LogP contribution is -3.15. The Kier molecular flexibility index (Phi) is 5.10. The van der Waals surface area contributed by atoms with Crippen molar-refractivity contribution in [1.29, 1.82) is 0 Å². The van der Waals surface area contributed by atoms with E-state index in [4.69, 9.17) is 0 Å². The highest BCUT2D eigenvalue weighted by molar-refractivity contribution is 5.72. The summed E-state index contributed by atoms with van der Waals surface area (Å²) in [6, 6.07) is 6.71. The molecule has 0 atom stereocenters. The maximum Gasteiger partial charge on any atom is 0.269 e. The standard InChI is InChI=1S/C14H20N4O3/c1-12(19)15-6-7-16-8-10-17(11-9-16)13-2-4-14(5-3-13)18(20)21/h2-5H,6-11H2,1H3,(H,15,19)/p+1. The van der Waals surface area contributed by atoms with E-state index in [0.717, 1.165) is 38.4 Å². The summed E-state index contributed by atoms with van der Waals surface area (Å²) in [6.07, 6.45) is 0. The summed E-state index contributed by atoms with van der Waals surface area (Å²) in [4.78, 5) is 24.8. The Morgan fingerprint density at radius 3 is 2.48 bits per heavy atom. The number of carbonyl (C=O) groups excluding carboxylic acids is 1. The van der Waals surface area contributed by atoms with Crippen LogP contribution in [-0.2, 0) is 4.79 Å². The van der Waals surface area contributed by atoms with Gasteiger partial charge in [0, 0.05) is 24.7 Å². The third-order valence-electron chi connectivity index (χ3n) is 3.75. The molecule has 2 rings (SSSR count). The number of hydrogen-bond acceptors (Lipinski definition) is 4. The Morgan fingerprint density at radius 1 is 1.33 bits per heavy atom. The zero-order valence-electron chi connectivity index (χ0n) is 12.2. The van der Waals surface area contributed by atoms with Crippen LogP contribution in [0.1, 0.15) is 6.92 Å². The third kappa shape index (κ3) is 4.42. The van der Waals surface area contributed by atoms with Gasteiger partial charge in [0.25, 0.3) is 5.69 Å². The molecule has 2 N–H and O–H groups in total. The molecule has 0 aliphatic carbocycles. The minimum Gasteiger partial charge on any atom is -0.360 e. The number of benzene rings is 1. The van der Waals surface area contributed by atoms with Gasteiger partial charge in [-0.2, -0.15) is 0 Å². The number of non-ortho nitro benzene ring substituents is 1. The van der Waals surface area contributed by atoms with Gasteiger partial charge < -0.3 is 15.1 Å². The molecule has 1 heterocycles. The van der Waals surface area contributed by atoms with E-state index >= 15 is 0 Å². The number of nitro groups is 1. The van der Waals surface area contributed by atoms with Gasteiger partial charge in [0.15, 0.2) is 0 Å². The van der Waals surface area contributed by atoms with E-state index in [9.17, 15) is 14.9 Å². The second kappa shape index (κ2) is 7.03. The van der Waals surface area contributed by atoms with E-state index in [1.54, 1.807) is 24.3 Å². The summed E-state index contributed by atoms with van der Waals surface area (Å²) in [7, 11) is 0. The van der Waals surface area contributed by atoms with Crippen molar-refractivity contribution in [3.05, 3.63) is 34.4 Å². The Hall–Kier alpha value is -2.15. The Balaban J connectivity index is 1.80. The fourth-order valence-corrected chi connectivity index (χ4v) is 2.53. The molecule has 0 spiro atoms. The molecule has 1 aromatic carbocycles. The van der Waals surface area contributed by atoms with Crippen LogP contribution < -0.4 is 15.1 Å². The molecule has 1 aromatic rings. The molecule has 7 nitrogen and oxygen atoms in total. The van der Waals surface area contributed by atoms with Crippen LogP contribution in [0.3, 0.4) is 0 Å². The van der Waals surface area contributed by atoms with Crippen molar-refractivity contribution >= 4 is 17.3 Å². The monoisotopic (exact) mass is 293 g/mol. The van der Waals surface area contributed by atoms with Gasteiger partial charge in [-0.3, -0.25) is 14.9 Å². The van der Waals surface area contributed by atoms with Crippen molar-refractivity contribution in [2.24, 2.45) is 0 Å². The third-order valence-corrected chi connectivity index (χ3v) is 3.75. The minimum atomic E-state index is -0.381. The van der Waals surface area contributed by atoms with Crippen LogP contribution in [0.15, 0.2) is 24.3 Å². The predicted molar refractivity (Wildman–Crippen MR) is 79.6 cm³/mol. The van der Waals surface area contributed by atoms with Gasteiger partial charge in [-0.05, 0) is 12.1 Å². The van der Waals surface area contributed by atoms with Gasteiger partial charge in [-0.25, -0.2) is 0 Å². The van der Waals surface area contributed by atoms with Gasteiger partial charge in [-0.15, -0.1) is 0 Å². The molecule has 114 valence electrons. The van der Waals surface area contributed by atoms with Gasteiger partial charge in [0.2, 0.25) is 5.91 Å². The molecule has 1 amide bonds. The van der Waals surface area contributed by atoms with Crippen molar-refractivity contribution in [1.82, 2.24) is 5.32 Å². The average Bonchev–Trinajstić information content (AvgIpc) is 2.48. The number of nitrogens with one attached hydrogen (secondary N) is 2. The average molecular weight is 293 g/mol. The number of nitrogens with zero attached hydrogens (tertiary/aromatic N) is 2. The van der Waals surface area contributed by atoms with Crippen molar-refractivity contribution in [2.75, 3.05) is 44.2 Å². The van der Waals surface area contributed by atoms with Crippen LogP contribution in [0, 0.1) is 10.1 Å². The summed E-state index contributed by atoms with van der Waals surface area (Å²) in [5.41, 5.74) is 1.15. The zero-order chi connectivity index (χ0) is 15.2. The SMILES string of the molecule is CC(=O)NCC[NH+]1CCN(c2ccc([N+](=O)[O-])cc2)CC1. The zero-order valence-corrected chi connectivity index (χ0v) is 12.2. The maximum absolute atomic E-state index is 10.8. The molecule has 0 aromatic heterocycles. The summed E-state index contributed by atoms with van der Waals surface area (Å²) in [5, 5.41) is 13.5. The molecule has 0 unspecified atom stereocenters. The molecule has 0 saturated carbocycles. The van der Waals surface area contributed by atoms with E-state index in [-0.39, 0.29) is 16.5 Å². The summed E-state index contributed by atoms with van der Waals surface area (Å²) in [5.74, 6) is 0.0129. The van der Waals surface area contributed by atoms with Crippen molar-refractivity contribution in [2.45, 2.75) is 6.92 Å². The second-order valence-electron chi connectivity index (χ2n) is 5.24. The Morgan fingerprint density at radius 2 is 1.95 bits per heavy atom. The van der Waals surface area contributed by atoms with Crippen molar-refractivity contribution in [3.63, 3.8) is 0 Å². The molecular formula is C14H21N4O3+. The number of nitro benzene ring substituents is 1. The highest BCUT2D eigenvalue weighted by atomic mass is 16.6. The maximum atomic E-state index is 10.8. The van der Waals surface area contributed by atoms with E-state index in [1.165, 1.54) is 11.8 Å². The number of anilines is 1. The number of quaternary nitrogens is 1. The fourth-order valence-electron chi connectivity index (χ4n) is 2.53. The quantitative estimate of drug-likeness (QED) is 0.563. The van der Waals surface area contributed by atoms with Crippen LogP contribution in [0.2, 0.25) is 0 Å². The van der Waals surface area contributed by atoms with Gasteiger partial charge >= 0.3 is 0 Å². The van der Waals surface area contributed by atoms with Crippen LogP contribution in [0.4, 0.5) is 11.4 Å². The molecular weight excluding hydrogens is 272 g/mol. The molecule has 0 radical (unpaired) electrons. The van der Waals surface area contributed by atoms with Gasteiger partial charge in [0.1, 0.15) is 0 Å². The number of rotatable bonds is 5. The number of amides is 1. The van der Waals surface area contributed by atoms with E-state index < -0.39 is 0 Å². The topological polar surface area (TPSA) is 79.9 Å². The van der Waals surface area contributed by atoms with E-state index in [2.05, 4.69) is 10.2 Å². The first-order valence-corrected chi connectivity index (χ1v) is 7.13. The minimum absolute atomic E-state index is 0.0129. The predicted octanol–water partition coefficient (Wildman–Crippen LogP) is -0.564. The normalized spacial score (nSPS) is 15.8. The first-order valence-electron chi connectivity index (χ1n) is 7.13. The van der Waals surface area contributed by atoms with E-state index in [0.29, 0.717) is 6.54 Å². The smallest absolute Gasteiger partial charge is 0.269 e. The summed E-state index contributed by atoms with van der Waals surface area (Å²) in [6.45, 7) is 7.05.